The monoisotopic (exact) mass is 186 g/mol. The minimum Gasteiger partial charge on any atom is -0.481 e. The molecule has 1 spiro atoms. The second-order valence-electron chi connectivity index (χ2n) is 3.95. The Hall–Kier alpha value is -0.180. The fourth-order valence-corrected chi connectivity index (χ4v) is 3.84. The van der Waals surface area contributed by atoms with E-state index in [-0.39, 0.29) is 11.3 Å². The smallest absolute Gasteiger partial charge is 0.307 e. The lowest BCUT2D eigenvalue weighted by atomic mass is 9.61. The van der Waals surface area contributed by atoms with Gasteiger partial charge in [-0.15, -0.1) is 0 Å². The number of thioether (sulfide) groups is 1. The van der Waals surface area contributed by atoms with Crippen molar-refractivity contribution in [2.75, 3.05) is 11.5 Å². The first-order valence-corrected chi connectivity index (χ1v) is 5.71. The molecule has 1 aliphatic carbocycles. The Morgan fingerprint density at radius 2 is 2.25 bits per heavy atom. The van der Waals surface area contributed by atoms with Crippen LogP contribution in [0.5, 0.6) is 0 Å². The van der Waals surface area contributed by atoms with Crippen LogP contribution in [0.2, 0.25) is 0 Å². The van der Waals surface area contributed by atoms with Crippen LogP contribution in [0.25, 0.3) is 0 Å². The zero-order chi connectivity index (χ0) is 8.60. The topological polar surface area (TPSA) is 37.3 Å². The minimum absolute atomic E-state index is 0.0347. The van der Waals surface area contributed by atoms with Gasteiger partial charge in [0.15, 0.2) is 0 Å². The second kappa shape index (κ2) is 2.95. The number of carbonyl (C=O) groups is 1. The summed E-state index contributed by atoms with van der Waals surface area (Å²) < 4.78 is 0. The molecule has 2 aliphatic rings. The summed E-state index contributed by atoms with van der Waals surface area (Å²) in [4.78, 5) is 11.0. The molecule has 1 unspecified atom stereocenters. The van der Waals surface area contributed by atoms with Crippen molar-refractivity contribution in [2.45, 2.75) is 25.7 Å². The third kappa shape index (κ3) is 1.15. The van der Waals surface area contributed by atoms with Crippen molar-refractivity contribution >= 4 is 17.7 Å². The summed E-state index contributed by atoms with van der Waals surface area (Å²) in [6.07, 6.45) is 4.43. The van der Waals surface area contributed by atoms with Crippen molar-refractivity contribution in [1.82, 2.24) is 0 Å². The van der Waals surface area contributed by atoms with Gasteiger partial charge in [-0.25, -0.2) is 0 Å². The molecule has 1 saturated heterocycles. The molecular weight excluding hydrogens is 172 g/mol. The maximum absolute atomic E-state index is 11.0. The predicted molar refractivity (Wildman–Crippen MR) is 49.4 cm³/mol. The van der Waals surface area contributed by atoms with Crippen molar-refractivity contribution in [3.63, 3.8) is 0 Å². The maximum Gasteiger partial charge on any atom is 0.307 e. The standard InChI is InChI=1S/C9H14O2S/c10-8(11)7-2-5-12-6-9(7)3-1-4-9/h7H,1-6H2,(H,10,11). The van der Waals surface area contributed by atoms with E-state index >= 15 is 0 Å². The Morgan fingerprint density at radius 1 is 1.50 bits per heavy atom. The van der Waals surface area contributed by atoms with Gasteiger partial charge in [-0.05, 0) is 36.2 Å². The van der Waals surface area contributed by atoms with Crippen LogP contribution in [0.4, 0.5) is 0 Å². The molecule has 2 nitrogen and oxygen atoms in total. The molecule has 0 radical (unpaired) electrons. The number of rotatable bonds is 1. The zero-order valence-electron chi connectivity index (χ0n) is 7.08. The molecule has 0 aromatic rings. The van der Waals surface area contributed by atoms with E-state index in [2.05, 4.69) is 0 Å². The highest BCUT2D eigenvalue weighted by molar-refractivity contribution is 7.99. The first kappa shape index (κ1) is 8.42. The highest BCUT2D eigenvalue weighted by atomic mass is 32.2. The molecule has 0 bridgehead atoms. The SMILES string of the molecule is O=C(O)C1CCSCC12CCC2. The molecule has 68 valence electrons. The Kier molecular flexibility index (Phi) is 2.07. The lowest BCUT2D eigenvalue weighted by molar-refractivity contribution is -0.149. The lowest BCUT2D eigenvalue weighted by Gasteiger charge is -2.48. The van der Waals surface area contributed by atoms with E-state index in [1.165, 1.54) is 6.42 Å². The lowest BCUT2D eigenvalue weighted by Crippen LogP contribution is -2.46. The summed E-state index contributed by atoms with van der Waals surface area (Å²) in [7, 11) is 0. The van der Waals surface area contributed by atoms with Crippen LogP contribution in [0.15, 0.2) is 0 Å². The predicted octanol–water partition coefficient (Wildman–Crippen LogP) is 1.99. The zero-order valence-corrected chi connectivity index (χ0v) is 7.90. The second-order valence-corrected chi connectivity index (χ2v) is 5.05. The van der Waals surface area contributed by atoms with Crippen LogP contribution < -0.4 is 0 Å². The molecule has 0 aromatic carbocycles. The largest absolute Gasteiger partial charge is 0.481 e. The molecule has 12 heavy (non-hydrogen) atoms. The summed E-state index contributed by atoms with van der Waals surface area (Å²) >= 11 is 1.94. The number of hydrogen-bond acceptors (Lipinski definition) is 2. The van der Waals surface area contributed by atoms with E-state index < -0.39 is 5.97 Å². The molecule has 1 atom stereocenters. The molecular formula is C9H14O2S. The summed E-state index contributed by atoms with van der Waals surface area (Å²) in [5.41, 5.74) is 0.203. The molecule has 1 N–H and O–H groups in total. The molecule has 1 heterocycles. The van der Waals surface area contributed by atoms with Gasteiger partial charge in [-0.2, -0.15) is 11.8 Å². The van der Waals surface area contributed by atoms with Crippen molar-refractivity contribution in [3.05, 3.63) is 0 Å². The van der Waals surface area contributed by atoms with Crippen LogP contribution in [-0.2, 0) is 4.79 Å². The first-order chi connectivity index (χ1) is 5.75. The molecule has 2 rings (SSSR count). The quantitative estimate of drug-likeness (QED) is 0.680. The average Bonchev–Trinajstić information content (AvgIpc) is 2.01. The Labute approximate surface area is 76.7 Å². The van der Waals surface area contributed by atoms with Gasteiger partial charge in [0.25, 0.3) is 0 Å². The van der Waals surface area contributed by atoms with Gasteiger partial charge in [0.1, 0.15) is 0 Å². The van der Waals surface area contributed by atoms with Gasteiger partial charge < -0.3 is 5.11 Å². The molecule has 0 amide bonds. The fourth-order valence-electron chi connectivity index (χ4n) is 2.39. The minimum atomic E-state index is -0.560. The summed E-state index contributed by atoms with van der Waals surface area (Å²) in [5, 5.41) is 9.03. The van der Waals surface area contributed by atoms with Gasteiger partial charge >= 0.3 is 5.97 Å². The third-order valence-electron chi connectivity index (χ3n) is 3.33. The molecule has 1 aliphatic heterocycles. The van der Waals surface area contributed by atoms with Crippen LogP contribution in [0.3, 0.4) is 0 Å². The van der Waals surface area contributed by atoms with Gasteiger partial charge in [-0.1, -0.05) is 6.42 Å². The fraction of sp³-hybridized carbons (Fsp3) is 0.889. The Bertz CT molecular complexity index is 199. The van der Waals surface area contributed by atoms with Crippen molar-refractivity contribution < 1.29 is 9.90 Å². The van der Waals surface area contributed by atoms with Crippen molar-refractivity contribution in [1.29, 1.82) is 0 Å². The Balaban J connectivity index is 2.11. The average molecular weight is 186 g/mol. The van der Waals surface area contributed by atoms with E-state index in [0.29, 0.717) is 0 Å². The summed E-state index contributed by atoms with van der Waals surface area (Å²) in [6, 6.07) is 0. The van der Waals surface area contributed by atoms with E-state index in [4.69, 9.17) is 5.11 Å². The van der Waals surface area contributed by atoms with E-state index in [1.54, 1.807) is 0 Å². The number of carboxylic acids is 1. The van der Waals surface area contributed by atoms with Gasteiger partial charge in [0.05, 0.1) is 5.92 Å². The molecule has 3 heteroatoms. The number of hydrogen-bond donors (Lipinski definition) is 1. The van der Waals surface area contributed by atoms with Crippen LogP contribution in [0, 0.1) is 11.3 Å². The highest BCUT2D eigenvalue weighted by Crippen LogP contribution is 2.53. The highest BCUT2D eigenvalue weighted by Gasteiger charge is 2.48. The van der Waals surface area contributed by atoms with E-state index in [9.17, 15) is 4.79 Å². The first-order valence-electron chi connectivity index (χ1n) is 4.55. The van der Waals surface area contributed by atoms with Crippen LogP contribution >= 0.6 is 11.8 Å². The third-order valence-corrected chi connectivity index (χ3v) is 4.63. The van der Waals surface area contributed by atoms with Gasteiger partial charge in [0.2, 0.25) is 0 Å². The summed E-state index contributed by atoms with van der Waals surface area (Å²) in [5.74, 6) is 1.53. The van der Waals surface area contributed by atoms with Crippen LogP contribution in [-0.4, -0.2) is 22.6 Å². The number of carboxylic acid groups (broad SMARTS) is 1. The van der Waals surface area contributed by atoms with Gasteiger partial charge in [0, 0.05) is 0 Å². The number of aliphatic carboxylic acids is 1. The van der Waals surface area contributed by atoms with Crippen molar-refractivity contribution in [3.8, 4) is 0 Å². The van der Waals surface area contributed by atoms with Gasteiger partial charge in [-0.3, -0.25) is 4.79 Å². The van der Waals surface area contributed by atoms with E-state index in [1.807, 2.05) is 11.8 Å². The Morgan fingerprint density at radius 3 is 2.67 bits per heavy atom. The summed E-state index contributed by atoms with van der Waals surface area (Å²) in [6.45, 7) is 0. The molecule has 1 saturated carbocycles. The van der Waals surface area contributed by atoms with Crippen molar-refractivity contribution in [2.24, 2.45) is 11.3 Å². The maximum atomic E-state index is 11.0. The normalized spacial score (nSPS) is 32.8. The van der Waals surface area contributed by atoms with E-state index in [0.717, 1.165) is 30.8 Å². The molecule has 0 aromatic heterocycles. The molecule has 2 fully saturated rings. The van der Waals surface area contributed by atoms with Crippen LogP contribution in [0.1, 0.15) is 25.7 Å².